The second kappa shape index (κ2) is 8.67. The quantitative estimate of drug-likeness (QED) is 0.539. The van der Waals surface area contributed by atoms with E-state index in [1.54, 1.807) is 12.1 Å². The van der Waals surface area contributed by atoms with Crippen LogP contribution in [0.1, 0.15) is 29.5 Å². The zero-order valence-corrected chi connectivity index (χ0v) is 18.1. The van der Waals surface area contributed by atoms with Crippen molar-refractivity contribution in [3.63, 3.8) is 0 Å². The van der Waals surface area contributed by atoms with Gasteiger partial charge in [0, 0.05) is 29.9 Å². The van der Waals surface area contributed by atoms with Gasteiger partial charge in [-0.15, -0.1) is 0 Å². The van der Waals surface area contributed by atoms with Crippen LogP contribution in [0.3, 0.4) is 0 Å². The number of amides is 3. The van der Waals surface area contributed by atoms with E-state index in [1.165, 1.54) is 0 Å². The second-order valence-electron chi connectivity index (χ2n) is 8.26. The maximum atomic E-state index is 13.1. The molecule has 3 aromatic rings. The van der Waals surface area contributed by atoms with Gasteiger partial charge in [0.2, 0.25) is 17.7 Å². The molecule has 0 fully saturated rings. The number of nitrogens with one attached hydrogen (secondary N) is 3. The third kappa shape index (κ3) is 4.39. The predicted molar refractivity (Wildman–Crippen MR) is 126 cm³/mol. The van der Waals surface area contributed by atoms with E-state index in [4.69, 9.17) is 0 Å². The zero-order valence-electron chi connectivity index (χ0n) is 18.1. The van der Waals surface area contributed by atoms with Crippen LogP contribution >= 0.6 is 0 Å². The van der Waals surface area contributed by atoms with Gasteiger partial charge in [0.25, 0.3) is 0 Å². The average molecular weight is 428 g/mol. The number of hydrogen-bond donors (Lipinski definition) is 3. The monoisotopic (exact) mass is 427 g/mol. The molecule has 0 aromatic heterocycles. The van der Waals surface area contributed by atoms with E-state index in [2.05, 4.69) is 16.0 Å². The number of carbonyl (C=O) groups is 3. The number of anilines is 3. The Morgan fingerprint density at radius 2 is 1.22 bits per heavy atom. The van der Waals surface area contributed by atoms with E-state index in [-0.39, 0.29) is 30.6 Å². The largest absolute Gasteiger partial charge is 0.326 e. The van der Waals surface area contributed by atoms with Gasteiger partial charge in [-0.1, -0.05) is 53.6 Å². The summed E-state index contributed by atoms with van der Waals surface area (Å²) in [7, 11) is 0. The maximum absolute atomic E-state index is 13.1. The molecule has 32 heavy (non-hydrogen) atoms. The lowest BCUT2D eigenvalue weighted by Gasteiger charge is -2.26. The normalized spacial score (nSPS) is 13.8. The summed E-state index contributed by atoms with van der Waals surface area (Å²) in [5.41, 5.74) is 3.44. The van der Waals surface area contributed by atoms with Crippen molar-refractivity contribution in [2.24, 2.45) is 0 Å². The molecular formula is C26H25N3O3. The van der Waals surface area contributed by atoms with Crippen LogP contribution in [0.4, 0.5) is 17.1 Å². The van der Waals surface area contributed by atoms with E-state index in [0.717, 1.165) is 11.1 Å². The summed E-state index contributed by atoms with van der Waals surface area (Å²) >= 11 is 0. The molecule has 0 atom stereocenters. The first-order valence-corrected chi connectivity index (χ1v) is 10.5. The Kier molecular flexibility index (Phi) is 5.77. The van der Waals surface area contributed by atoms with Gasteiger partial charge >= 0.3 is 0 Å². The van der Waals surface area contributed by atoms with Crippen molar-refractivity contribution in [3.05, 3.63) is 89.5 Å². The van der Waals surface area contributed by atoms with E-state index in [1.807, 2.05) is 74.5 Å². The minimum Gasteiger partial charge on any atom is -0.326 e. The van der Waals surface area contributed by atoms with Gasteiger partial charge in [-0.3, -0.25) is 14.4 Å². The minimum absolute atomic E-state index is 0.148. The number of rotatable bonds is 6. The maximum Gasteiger partial charge on any atom is 0.236 e. The Bertz CT molecular complexity index is 1110. The lowest BCUT2D eigenvalue weighted by Crippen LogP contribution is -2.41. The Hall–Kier alpha value is -3.93. The van der Waals surface area contributed by atoms with Gasteiger partial charge < -0.3 is 16.0 Å². The second-order valence-corrected chi connectivity index (χ2v) is 8.26. The van der Waals surface area contributed by atoms with E-state index < -0.39 is 5.41 Å². The Morgan fingerprint density at radius 1 is 0.750 bits per heavy atom. The van der Waals surface area contributed by atoms with Crippen LogP contribution in [0, 0.1) is 13.8 Å². The zero-order chi connectivity index (χ0) is 22.7. The standard InChI is InChI=1S/C26H25N3O3/c1-17-7-11-19(12-8-17)27-23(30)15-26(21-5-3-4-6-22(21)29-25(26)32)16-24(31)28-20-13-9-18(2)10-14-20/h3-14H,15-16H2,1-2H3,(H,27,30)(H,28,31)(H,29,32). The van der Waals surface area contributed by atoms with Crippen LogP contribution < -0.4 is 16.0 Å². The minimum atomic E-state index is -1.29. The third-order valence-corrected chi connectivity index (χ3v) is 5.72. The van der Waals surface area contributed by atoms with Gasteiger partial charge in [-0.25, -0.2) is 0 Å². The van der Waals surface area contributed by atoms with Gasteiger partial charge in [-0.05, 0) is 49.7 Å². The molecule has 1 aliphatic rings. The molecule has 1 aliphatic heterocycles. The molecular weight excluding hydrogens is 402 g/mol. The molecule has 0 spiro atoms. The highest BCUT2D eigenvalue weighted by Crippen LogP contribution is 2.43. The van der Waals surface area contributed by atoms with E-state index in [0.29, 0.717) is 22.6 Å². The van der Waals surface area contributed by atoms with Crippen LogP contribution in [0.25, 0.3) is 0 Å². The predicted octanol–water partition coefficient (Wildman–Crippen LogP) is 4.55. The fourth-order valence-electron chi connectivity index (χ4n) is 4.02. The molecule has 4 rings (SSSR count). The van der Waals surface area contributed by atoms with Gasteiger partial charge in [-0.2, -0.15) is 0 Å². The topological polar surface area (TPSA) is 87.3 Å². The molecule has 162 valence electrons. The molecule has 1 heterocycles. The van der Waals surface area contributed by atoms with Gasteiger partial charge in [0.15, 0.2) is 0 Å². The summed E-state index contributed by atoms with van der Waals surface area (Å²) in [4.78, 5) is 39.1. The first-order valence-electron chi connectivity index (χ1n) is 10.5. The number of hydrogen-bond acceptors (Lipinski definition) is 3. The SMILES string of the molecule is Cc1ccc(NC(=O)CC2(CC(=O)Nc3ccc(C)cc3)C(=O)Nc3ccccc32)cc1. The van der Waals surface area contributed by atoms with Crippen LogP contribution in [-0.4, -0.2) is 17.7 Å². The van der Waals surface area contributed by atoms with Crippen molar-refractivity contribution in [2.75, 3.05) is 16.0 Å². The van der Waals surface area contributed by atoms with Crippen LogP contribution in [0.15, 0.2) is 72.8 Å². The summed E-state index contributed by atoms with van der Waals surface area (Å²) in [6, 6.07) is 22.1. The molecule has 0 aliphatic carbocycles. The molecule has 6 nitrogen and oxygen atoms in total. The number of carbonyl (C=O) groups excluding carboxylic acids is 3. The summed E-state index contributed by atoms with van der Waals surface area (Å²) in [5.74, 6) is -1.01. The van der Waals surface area contributed by atoms with Gasteiger partial charge in [0.05, 0.1) is 5.41 Å². The lowest BCUT2D eigenvalue weighted by molar-refractivity contribution is -0.129. The highest BCUT2D eigenvalue weighted by molar-refractivity contribution is 6.12. The number of para-hydroxylation sites is 1. The summed E-state index contributed by atoms with van der Waals surface area (Å²) in [5, 5.41) is 8.54. The van der Waals surface area contributed by atoms with Crippen LogP contribution in [-0.2, 0) is 19.8 Å². The summed E-state index contributed by atoms with van der Waals surface area (Å²) in [6.45, 7) is 3.93. The van der Waals surface area contributed by atoms with Crippen molar-refractivity contribution < 1.29 is 14.4 Å². The van der Waals surface area contributed by atoms with Crippen LogP contribution in [0.2, 0.25) is 0 Å². The van der Waals surface area contributed by atoms with Crippen molar-refractivity contribution in [3.8, 4) is 0 Å². The van der Waals surface area contributed by atoms with Crippen molar-refractivity contribution >= 4 is 34.8 Å². The smallest absolute Gasteiger partial charge is 0.236 e. The molecule has 6 heteroatoms. The molecule has 3 aromatic carbocycles. The Balaban J connectivity index is 1.59. The molecule has 0 saturated carbocycles. The molecule has 0 saturated heterocycles. The number of aryl methyl sites for hydroxylation is 2. The third-order valence-electron chi connectivity index (χ3n) is 5.72. The highest BCUT2D eigenvalue weighted by atomic mass is 16.2. The Labute approximate surface area is 187 Å². The first kappa shape index (κ1) is 21.3. The highest BCUT2D eigenvalue weighted by Gasteiger charge is 2.49. The molecule has 3 amide bonds. The summed E-state index contributed by atoms with van der Waals surface area (Å²) < 4.78 is 0. The fourth-order valence-corrected chi connectivity index (χ4v) is 4.02. The number of benzene rings is 3. The molecule has 0 unspecified atom stereocenters. The van der Waals surface area contributed by atoms with Crippen molar-refractivity contribution in [1.82, 2.24) is 0 Å². The lowest BCUT2D eigenvalue weighted by atomic mass is 9.75. The van der Waals surface area contributed by atoms with E-state index >= 15 is 0 Å². The van der Waals surface area contributed by atoms with E-state index in [9.17, 15) is 14.4 Å². The number of fused-ring (bicyclic) bond motifs is 1. The van der Waals surface area contributed by atoms with Crippen LogP contribution in [0.5, 0.6) is 0 Å². The van der Waals surface area contributed by atoms with Gasteiger partial charge in [0.1, 0.15) is 0 Å². The molecule has 0 radical (unpaired) electrons. The van der Waals surface area contributed by atoms with Crippen molar-refractivity contribution in [2.45, 2.75) is 32.1 Å². The first-order chi connectivity index (χ1) is 15.4. The van der Waals surface area contributed by atoms with Crippen molar-refractivity contribution in [1.29, 1.82) is 0 Å². The summed E-state index contributed by atoms with van der Waals surface area (Å²) in [6.07, 6.45) is -0.296. The fraction of sp³-hybridized carbons (Fsp3) is 0.192. The Morgan fingerprint density at radius 3 is 1.72 bits per heavy atom. The molecule has 0 bridgehead atoms. The average Bonchev–Trinajstić information content (AvgIpc) is 3.02. The molecule has 3 N–H and O–H groups in total.